The molecule has 2 fully saturated rings. The van der Waals surface area contributed by atoms with Crippen LogP contribution in [0.15, 0.2) is 30.5 Å². The normalized spacial score (nSPS) is 18.4. The van der Waals surface area contributed by atoms with Crippen molar-refractivity contribution < 1.29 is 19.1 Å². The van der Waals surface area contributed by atoms with Gasteiger partial charge < -0.3 is 18.9 Å². The van der Waals surface area contributed by atoms with Crippen LogP contribution in [-0.4, -0.2) is 96.8 Å². The van der Waals surface area contributed by atoms with Gasteiger partial charge in [-0.3, -0.25) is 14.6 Å². The Morgan fingerprint density at radius 2 is 1.77 bits per heavy atom. The Hall–Kier alpha value is -2.42. The Morgan fingerprint density at radius 3 is 2.52 bits per heavy atom. The van der Waals surface area contributed by atoms with E-state index >= 15 is 0 Å². The lowest BCUT2D eigenvalue weighted by Crippen LogP contribution is -2.49. The van der Waals surface area contributed by atoms with Crippen LogP contribution in [0.5, 0.6) is 0 Å². The van der Waals surface area contributed by atoms with Crippen LogP contribution >= 0.6 is 0 Å². The molecule has 0 aliphatic carbocycles. The number of piperazine rings is 1. The Kier molecular flexibility index (Phi) is 7.21. The van der Waals surface area contributed by atoms with Crippen LogP contribution < -0.4 is 0 Å². The molecule has 31 heavy (non-hydrogen) atoms. The molecule has 0 saturated carbocycles. The zero-order valence-corrected chi connectivity index (χ0v) is 18.3. The third kappa shape index (κ3) is 5.44. The van der Waals surface area contributed by atoms with E-state index in [1.54, 1.807) is 0 Å². The number of hydrogen-bond acceptors (Lipinski definition) is 6. The number of ether oxygens (including phenoxy) is 2. The zero-order chi connectivity index (χ0) is 21.6. The fraction of sp³-hybridized carbons (Fsp3) is 0.565. The van der Waals surface area contributed by atoms with Crippen molar-refractivity contribution in [3.63, 3.8) is 0 Å². The summed E-state index contributed by atoms with van der Waals surface area (Å²) in [7, 11) is 0. The number of aromatic nitrogens is 1. The van der Waals surface area contributed by atoms with Crippen LogP contribution in [-0.2, 0) is 20.9 Å². The Morgan fingerprint density at radius 1 is 1.00 bits per heavy atom. The number of morpholine rings is 1. The lowest BCUT2D eigenvalue weighted by Gasteiger charge is -2.35. The molecule has 0 bridgehead atoms. The van der Waals surface area contributed by atoms with Crippen molar-refractivity contribution in [3.8, 4) is 0 Å². The molecule has 0 atom stereocenters. The molecule has 0 unspecified atom stereocenters. The second kappa shape index (κ2) is 10.3. The van der Waals surface area contributed by atoms with E-state index in [0.29, 0.717) is 18.6 Å². The fourth-order valence-electron chi connectivity index (χ4n) is 4.26. The van der Waals surface area contributed by atoms with Crippen molar-refractivity contribution in [2.75, 3.05) is 65.6 Å². The lowest BCUT2D eigenvalue weighted by atomic mass is 10.1. The summed E-state index contributed by atoms with van der Waals surface area (Å²) in [5.41, 5.74) is 1.67. The first-order valence-electron chi connectivity index (χ1n) is 11.2. The minimum atomic E-state index is -0.286. The van der Waals surface area contributed by atoms with Crippen molar-refractivity contribution in [1.29, 1.82) is 0 Å². The van der Waals surface area contributed by atoms with Gasteiger partial charge in [-0.1, -0.05) is 0 Å². The average molecular weight is 429 g/mol. The minimum absolute atomic E-state index is 0.254. The Labute approximate surface area is 183 Å². The van der Waals surface area contributed by atoms with Gasteiger partial charge >= 0.3 is 5.97 Å². The quantitative estimate of drug-likeness (QED) is 0.625. The lowest BCUT2D eigenvalue weighted by molar-refractivity contribution is -0.133. The van der Waals surface area contributed by atoms with Crippen molar-refractivity contribution in [3.05, 3.63) is 36.0 Å². The average Bonchev–Trinajstić information content (AvgIpc) is 3.21. The molecule has 2 saturated heterocycles. The summed E-state index contributed by atoms with van der Waals surface area (Å²) in [5.74, 6) is -0.0318. The van der Waals surface area contributed by atoms with Gasteiger partial charge in [0, 0.05) is 69.3 Å². The maximum Gasteiger partial charge on any atom is 0.338 e. The molecule has 0 spiro atoms. The summed E-state index contributed by atoms with van der Waals surface area (Å²) in [6.45, 7) is 10.4. The van der Waals surface area contributed by atoms with Crippen LogP contribution in [0, 0.1) is 0 Å². The predicted octanol–water partition coefficient (Wildman–Crippen LogP) is 1.64. The van der Waals surface area contributed by atoms with E-state index in [1.807, 2.05) is 36.1 Å². The Balaban J connectivity index is 1.27. The fourth-order valence-corrected chi connectivity index (χ4v) is 4.26. The highest BCUT2D eigenvalue weighted by atomic mass is 16.5. The standard InChI is InChI=1S/C23H32N4O4/c1-2-31-23(29)20-3-4-21-19(17-20)5-8-27(21)18-25-9-11-26(12-10-25)22(28)6-7-24-13-15-30-16-14-24/h3-5,8,17H,2,6-7,9-16,18H2,1H3. The van der Waals surface area contributed by atoms with Gasteiger partial charge in [0.2, 0.25) is 5.91 Å². The number of carbonyl (C=O) groups excluding carboxylic acids is 2. The molecule has 0 radical (unpaired) electrons. The summed E-state index contributed by atoms with van der Waals surface area (Å²) in [5, 5.41) is 1.03. The first kappa shape index (κ1) is 21.8. The van der Waals surface area contributed by atoms with E-state index in [1.165, 1.54) is 0 Å². The molecule has 3 heterocycles. The van der Waals surface area contributed by atoms with Crippen LogP contribution in [0.3, 0.4) is 0 Å². The SMILES string of the molecule is CCOC(=O)c1ccc2c(ccn2CN2CCN(C(=O)CCN3CCOCC3)CC2)c1. The Bertz CT molecular complexity index is 898. The van der Waals surface area contributed by atoms with E-state index in [0.717, 1.165) is 76.6 Å². The van der Waals surface area contributed by atoms with Gasteiger partial charge in [-0.2, -0.15) is 0 Å². The largest absolute Gasteiger partial charge is 0.462 e. The van der Waals surface area contributed by atoms with Crippen molar-refractivity contribution in [2.24, 2.45) is 0 Å². The number of carbonyl (C=O) groups is 2. The zero-order valence-electron chi connectivity index (χ0n) is 18.3. The molecular weight excluding hydrogens is 396 g/mol. The molecule has 1 aromatic carbocycles. The molecule has 2 aliphatic rings. The topological polar surface area (TPSA) is 67.2 Å². The second-order valence-corrected chi connectivity index (χ2v) is 8.12. The first-order chi connectivity index (χ1) is 15.1. The van der Waals surface area contributed by atoms with Gasteiger partial charge in [-0.15, -0.1) is 0 Å². The highest BCUT2D eigenvalue weighted by molar-refractivity contribution is 5.94. The highest BCUT2D eigenvalue weighted by Crippen LogP contribution is 2.19. The summed E-state index contributed by atoms with van der Waals surface area (Å²) < 4.78 is 12.7. The van der Waals surface area contributed by atoms with Gasteiger partial charge in [0.1, 0.15) is 0 Å². The van der Waals surface area contributed by atoms with Crippen LogP contribution in [0.2, 0.25) is 0 Å². The molecule has 168 valence electrons. The van der Waals surface area contributed by atoms with E-state index in [2.05, 4.69) is 20.6 Å². The van der Waals surface area contributed by atoms with Crippen molar-refractivity contribution in [2.45, 2.75) is 20.0 Å². The van der Waals surface area contributed by atoms with Gasteiger partial charge in [-0.05, 0) is 31.2 Å². The summed E-state index contributed by atoms with van der Waals surface area (Å²) in [4.78, 5) is 31.2. The summed E-state index contributed by atoms with van der Waals surface area (Å²) in [6.07, 6.45) is 2.64. The number of fused-ring (bicyclic) bond motifs is 1. The third-order valence-corrected chi connectivity index (χ3v) is 6.11. The van der Waals surface area contributed by atoms with Gasteiger partial charge in [0.25, 0.3) is 0 Å². The number of amides is 1. The van der Waals surface area contributed by atoms with E-state index < -0.39 is 0 Å². The van der Waals surface area contributed by atoms with E-state index in [4.69, 9.17) is 9.47 Å². The number of nitrogens with zero attached hydrogens (tertiary/aromatic N) is 4. The van der Waals surface area contributed by atoms with Gasteiger partial charge in [-0.25, -0.2) is 4.79 Å². The van der Waals surface area contributed by atoms with E-state index in [-0.39, 0.29) is 11.9 Å². The monoisotopic (exact) mass is 428 g/mol. The van der Waals surface area contributed by atoms with Crippen LogP contribution in [0.4, 0.5) is 0 Å². The van der Waals surface area contributed by atoms with Crippen molar-refractivity contribution >= 4 is 22.8 Å². The van der Waals surface area contributed by atoms with Crippen LogP contribution in [0.25, 0.3) is 10.9 Å². The molecule has 2 aromatic rings. The molecule has 2 aliphatic heterocycles. The number of benzene rings is 1. The van der Waals surface area contributed by atoms with Crippen LogP contribution in [0.1, 0.15) is 23.7 Å². The minimum Gasteiger partial charge on any atom is -0.462 e. The second-order valence-electron chi connectivity index (χ2n) is 8.12. The predicted molar refractivity (Wildman–Crippen MR) is 118 cm³/mol. The maximum absolute atomic E-state index is 12.6. The van der Waals surface area contributed by atoms with Gasteiger partial charge in [0.05, 0.1) is 32.1 Å². The van der Waals surface area contributed by atoms with Crippen molar-refractivity contribution in [1.82, 2.24) is 19.3 Å². The molecular formula is C23H32N4O4. The molecule has 0 N–H and O–H groups in total. The molecule has 8 heteroatoms. The molecule has 1 amide bonds. The third-order valence-electron chi connectivity index (χ3n) is 6.11. The molecule has 8 nitrogen and oxygen atoms in total. The summed E-state index contributed by atoms with van der Waals surface area (Å²) in [6, 6.07) is 7.72. The highest BCUT2D eigenvalue weighted by Gasteiger charge is 2.22. The number of rotatable bonds is 7. The van der Waals surface area contributed by atoms with E-state index in [9.17, 15) is 9.59 Å². The van der Waals surface area contributed by atoms with Gasteiger partial charge in [0.15, 0.2) is 0 Å². The maximum atomic E-state index is 12.6. The molecule has 4 rings (SSSR count). The number of esters is 1. The molecule has 1 aromatic heterocycles. The smallest absolute Gasteiger partial charge is 0.338 e. The number of hydrogen-bond donors (Lipinski definition) is 0. The summed E-state index contributed by atoms with van der Waals surface area (Å²) >= 11 is 0. The first-order valence-corrected chi connectivity index (χ1v) is 11.2.